The number of hydrogen-bond donors (Lipinski definition) is 0. The lowest BCUT2D eigenvalue weighted by atomic mass is 9.94. The molecule has 0 aliphatic rings. The molecule has 0 saturated carbocycles. The summed E-state index contributed by atoms with van der Waals surface area (Å²) < 4.78 is 4.59. The second-order valence-electron chi connectivity index (χ2n) is 20.5. The summed E-state index contributed by atoms with van der Waals surface area (Å²) in [6, 6.07) is 94.9. The molecule has 0 spiro atoms. The normalized spacial score (nSPS) is 11.3. The van der Waals surface area contributed by atoms with Crippen molar-refractivity contribution in [2.75, 3.05) is 0 Å². The molecule has 10 heteroatoms. The first-order chi connectivity index (χ1) is 41.5. The fourth-order valence-electron chi connectivity index (χ4n) is 11.5. The van der Waals surface area contributed by atoms with E-state index in [4.69, 9.17) is 29.9 Å². The third kappa shape index (κ3) is 8.68. The topological polar surface area (TPSA) is 135 Å². The largest absolute Gasteiger partial charge is 0.309 e. The van der Waals surface area contributed by atoms with Crippen LogP contribution in [0.5, 0.6) is 0 Å². The van der Waals surface area contributed by atoms with Crippen LogP contribution in [0.4, 0.5) is 0 Å². The number of benzene rings is 11. The van der Waals surface area contributed by atoms with E-state index in [1.807, 2.05) is 170 Å². The van der Waals surface area contributed by atoms with Crippen LogP contribution in [0.1, 0.15) is 11.1 Å². The number of fused-ring (bicyclic) bond motifs is 6. The molecule has 15 aromatic rings. The van der Waals surface area contributed by atoms with E-state index in [0.717, 1.165) is 111 Å². The molecule has 0 N–H and O–H groups in total. The van der Waals surface area contributed by atoms with Gasteiger partial charge in [0.15, 0.2) is 34.9 Å². The van der Waals surface area contributed by atoms with Crippen LogP contribution < -0.4 is 0 Å². The highest BCUT2D eigenvalue weighted by Gasteiger charge is 2.23. The van der Waals surface area contributed by atoms with Gasteiger partial charge in [0.25, 0.3) is 0 Å². The Morgan fingerprint density at radius 1 is 0.238 bits per heavy atom. The van der Waals surface area contributed by atoms with Gasteiger partial charge in [-0.1, -0.05) is 176 Å². The maximum Gasteiger partial charge on any atom is 0.164 e. The summed E-state index contributed by atoms with van der Waals surface area (Å²) in [7, 11) is 0. The highest BCUT2D eigenvalue weighted by atomic mass is 15.0. The molecule has 0 radical (unpaired) electrons. The Hall–Kier alpha value is -12.0. The van der Waals surface area contributed by atoms with E-state index in [1.54, 1.807) is 0 Å². The summed E-state index contributed by atoms with van der Waals surface area (Å²) in [4.78, 5) is 30.9. The van der Waals surface area contributed by atoms with Gasteiger partial charge in [-0.25, -0.2) is 29.9 Å². The molecular weight excluding hydrogens is 1030 g/mol. The molecule has 0 saturated heterocycles. The molecule has 84 heavy (non-hydrogen) atoms. The van der Waals surface area contributed by atoms with Gasteiger partial charge in [-0.2, -0.15) is 10.5 Å². The molecule has 15 rings (SSSR count). The van der Waals surface area contributed by atoms with Crippen LogP contribution >= 0.6 is 0 Å². The maximum atomic E-state index is 10.1. The molecule has 0 aliphatic carbocycles. The van der Waals surface area contributed by atoms with Gasteiger partial charge in [0.05, 0.1) is 56.7 Å². The van der Waals surface area contributed by atoms with Crippen molar-refractivity contribution in [3.8, 4) is 114 Å². The number of nitriles is 2. The van der Waals surface area contributed by atoms with Crippen LogP contribution in [0.25, 0.3) is 146 Å². The van der Waals surface area contributed by atoms with Crippen LogP contribution in [0, 0.1) is 22.7 Å². The second kappa shape index (κ2) is 20.6. The molecule has 0 unspecified atom stereocenters. The monoisotopic (exact) mass is 1070 g/mol. The van der Waals surface area contributed by atoms with Crippen molar-refractivity contribution in [3.05, 3.63) is 278 Å². The van der Waals surface area contributed by atoms with Gasteiger partial charge >= 0.3 is 0 Å². The van der Waals surface area contributed by atoms with E-state index in [0.29, 0.717) is 46.1 Å². The molecule has 10 nitrogen and oxygen atoms in total. The Bertz CT molecular complexity index is 4720. The molecular formula is C74H44N10. The number of aromatic nitrogens is 8. The van der Waals surface area contributed by atoms with E-state index < -0.39 is 0 Å². The summed E-state index contributed by atoms with van der Waals surface area (Å²) >= 11 is 0. The lowest BCUT2D eigenvalue weighted by Crippen LogP contribution is -2.02. The van der Waals surface area contributed by atoms with Crippen molar-refractivity contribution in [2.24, 2.45) is 0 Å². The Labute approximate surface area is 482 Å². The SMILES string of the molecule is N#Cc1ccc2c(c1)c1ccccc1n2-c1ccc(-c2nc(-c3ccccc3)nc(-c3ccccc3)n2)cc1-c1cccc(-c2cc(-c3nc(-c4ccccc4)nc(-c4ccccc4)n3)ccc2-n2c3ccccc3c3cc(C#N)ccc32)c1. The summed E-state index contributed by atoms with van der Waals surface area (Å²) in [5.74, 6) is 3.30. The fourth-order valence-corrected chi connectivity index (χ4v) is 11.5. The van der Waals surface area contributed by atoms with E-state index in [2.05, 4.69) is 118 Å². The minimum atomic E-state index is 0.524. The van der Waals surface area contributed by atoms with Crippen molar-refractivity contribution in [1.82, 2.24) is 39.0 Å². The molecule has 0 atom stereocenters. The minimum Gasteiger partial charge on any atom is -0.309 e. The Balaban J connectivity index is 0.992. The third-order valence-electron chi connectivity index (χ3n) is 15.5. The number of hydrogen-bond acceptors (Lipinski definition) is 8. The first-order valence-corrected chi connectivity index (χ1v) is 27.5. The summed E-state index contributed by atoms with van der Waals surface area (Å²) in [5.41, 5.74) is 15.7. The van der Waals surface area contributed by atoms with Gasteiger partial charge < -0.3 is 9.13 Å². The molecule has 0 bridgehead atoms. The van der Waals surface area contributed by atoms with Crippen molar-refractivity contribution in [3.63, 3.8) is 0 Å². The summed E-state index contributed by atoms with van der Waals surface area (Å²) in [6.07, 6.45) is 0. The summed E-state index contributed by atoms with van der Waals surface area (Å²) in [6.45, 7) is 0. The predicted octanol–water partition coefficient (Wildman–Crippen LogP) is 17.3. The summed E-state index contributed by atoms with van der Waals surface area (Å²) in [5, 5.41) is 24.3. The molecule has 0 fully saturated rings. The van der Waals surface area contributed by atoms with Crippen LogP contribution in [0.3, 0.4) is 0 Å². The van der Waals surface area contributed by atoms with Gasteiger partial charge in [-0.05, 0) is 102 Å². The molecule has 390 valence electrons. The Kier molecular flexibility index (Phi) is 12.0. The van der Waals surface area contributed by atoms with E-state index >= 15 is 0 Å². The fraction of sp³-hybridized carbons (Fsp3) is 0. The molecule has 0 amide bonds. The smallest absolute Gasteiger partial charge is 0.164 e. The molecule has 4 heterocycles. The number of nitrogens with zero attached hydrogens (tertiary/aromatic N) is 10. The van der Waals surface area contributed by atoms with Crippen LogP contribution in [0.15, 0.2) is 267 Å². The van der Waals surface area contributed by atoms with Crippen molar-refractivity contribution in [2.45, 2.75) is 0 Å². The zero-order valence-corrected chi connectivity index (χ0v) is 44.9. The van der Waals surface area contributed by atoms with Crippen molar-refractivity contribution < 1.29 is 0 Å². The van der Waals surface area contributed by atoms with Gasteiger partial charge in [0, 0.05) is 66.1 Å². The maximum absolute atomic E-state index is 10.1. The third-order valence-corrected chi connectivity index (χ3v) is 15.5. The lowest BCUT2D eigenvalue weighted by molar-refractivity contribution is 1.07. The van der Waals surface area contributed by atoms with Crippen LogP contribution in [-0.2, 0) is 0 Å². The molecule has 4 aromatic heterocycles. The highest BCUT2D eigenvalue weighted by Crippen LogP contribution is 2.43. The van der Waals surface area contributed by atoms with Crippen molar-refractivity contribution in [1.29, 1.82) is 10.5 Å². The lowest BCUT2D eigenvalue weighted by Gasteiger charge is -2.19. The average molecular weight is 1070 g/mol. The number of rotatable bonds is 10. The molecule has 11 aromatic carbocycles. The van der Waals surface area contributed by atoms with Gasteiger partial charge in [-0.3, -0.25) is 0 Å². The van der Waals surface area contributed by atoms with Gasteiger partial charge in [0.2, 0.25) is 0 Å². The zero-order chi connectivity index (χ0) is 56.1. The number of para-hydroxylation sites is 2. The Morgan fingerprint density at radius 3 is 0.905 bits per heavy atom. The van der Waals surface area contributed by atoms with E-state index in [-0.39, 0.29) is 0 Å². The highest BCUT2D eigenvalue weighted by molar-refractivity contribution is 6.11. The molecule has 0 aliphatic heterocycles. The Morgan fingerprint density at radius 2 is 0.548 bits per heavy atom. The average Bonchev–Trinajstić information content (AvgIpc) is 1.83. The van der Waals surface area contributed by atoms with E-state index in [1.165, 1.54) is 0 Å². The first kappa shape index (κ1) is 49.1. The van der Waals surface area contributed by atoms with Gasteiger partial charge in [0.1, 0.15) is 0 Å². The zero-order valence-electron chi connectivity index (χ0n) is 44.9. The minimum absolute atomic E-state index is 0.524. The van der Waals surface area contributed by atoms with Gasteiger partial charge in [-0.15, -0.1) is 0 Å². The van der Waals surface area contributed by atoms with E-state index in [9.17, 15) is 10.5 Å². The first-order valence-electron chi connectivity index (χ1n) is 27.5. The van der Waals surface area contributed by atoms with Crippen LogP contribution in [0.2, 0.25) is 0 Å². The second-order valence-corrected chi connectivity index (χ2v) is 20.5. The van der Waals surface area contributed by atoms with Crippen LogP contribution in [-0.4, -0.2) is 39.0 Å². The van der Waals surface area contributed by atoms with Crippen molar-refractivity contribution >= 4 is 43.6 Å². The standard InChI is InChI=1S/C74H44N10/c75-45-47-32-36-67-61(40-47)57-28-13-15-30-63(57)83(67)65-38-34-55(73-79-69(49-18-5-1-6-19-49)77-70(80-73)50-20-7-2-8-21-50)43-59(65)53-26-17-27-54(42-53)60-44-56(74-81-71(51-22-9-3-10-23-51)78-72(82-74)52-24-11-4-12-25-52)35-39-66(60)84-64-31-16-14-29-58(64)62-41-48(46-76)33-37-68(62)84/h1-44H. The predicted molar refractivity (Wildman–Crippen MR) is 335 cm³/mol. The quantitative estimate of drug-likeness (QED) is 0.132.